The van der Waals surface area contributed by atoms with Crippen LogP contribution in [0.25, 0.3) is 0 Å². The predicted molar refractivity (Wildman–Crippen MR) is 51.4 cm³/mol. The lowest BCUT2D eigenvalue weighted by molar-refractivity contribution is 1.35. The van der Waals surface area contributed by atoms with Crippen molar-refractivity contribution in [2.45, 2.75) is 13.8 Å². The third kappa shape index (κ3) is 2.04. The van der Waals surface area contributed by atoms with Crippen molar-refractivity contribution < 1.29 is 0 Å². The van der Waals surface area contributed by atoms with Gasteiger partial charge in [-0.1, -0.05) is 12.1 Å². The summed E-state index contributed by atoms with van der Waals surface area (Å²) in [5, 5.41) is 0. The molecule has 1 rings (SSSR count). The van der Waals surface area contributed by atoms with E-state index in [4.69, 9.17) is 0 Å². The molecular weight excluding hydrogens is 148 g/mol. The molecule has 0 unspecified atom stereocenters. The van der Waals surface area contributed by atoms with Gasteiger partial charge in [0, 0.05) is 7.05 Å². The van der Waals surface area contributed by atoms with Crippen molar-refractivity contribution in [3.63, 3.8) is 0 Å². The zero-order valence-electron chi connectivity index (χ0n) is 7.63. The van der Waals surface area contributed by atoms with E-state index < -0.39 is 0 Å². The van der Waals surface area contributed by atoms with E-state index >= 15 is 0 Å². The van der Waals surface area contributed by atoms with E-state index in [1.807, 2.05) is 26.0 Å². The van der Waals surface area contributed by atoms with Gasteiger partial charge in [-0.3, -0.25) is 0 Å². The van der Waals surface area contributed by atoms with Crippen LogP contribution < -0.4 is 0 Å². The molecule has 0 aliphatic carbocycles. The summed E-state index contributed by atoms with van der Waals surface area (Å²) in [6.07, 6.45) is 0. The molecule has 62 valence electrons. The maximum atomic E-state index is 4.07. The first kappa shape index (κ1) is 8.69. The molecule has 0 radical (unpaired) electrons. The second-order valence-electron chi connectivity index (χ2n) is 2.73. The van der Waals surface area contributed by atoms with Gasteiger partial charge >= 0.3 is 0 Å². The topological polar surface area (TPSA) is 24.7 Å². The molecule has 0 aliphatic rings. The molecular formula is C10H12N2. The Balaban J connectivity index is 3.14. The minimum Gasteiger partial charge on any atom is -0.229 e. The fourth-order valence-corrected chi connectivity index (χ4v) is 0.944. The van der Waals surface area contributed by atoms with Crippen molar-refractivity contribution in [1.82, 2.24) is 0 Å². The van der Waals surface area contributed by atoms with Crippen molar-refractivity contribution in [1.29, 1.82) is 0 Å². The fourth-order valence-electron chi connectivity index (χ4n) is 0.944. The van der Waals surface area contributed by atoms with Crippen molar-refractivity contribution >= 4 is 11.7 Å². The largest absolute Gasteiger partial charge is 0.229 e. The maximum absolute atomic E-state index is 4.07. The molecule has 0 bridgehead atoms. The van der Waals surface area contributed by atoms with Gasteiger partial charge in [-0.15, -0.1) is 0 Å². The Morgan fingerprint density at radius 2 is 2.00 bits per heavy atom. The first-order valence-electron chi connectivity index (χ1n) is 3.86. The van der Waals surface area contributed by atoms with Gasteiger partial charge in [0.15, 0.2) is 0 Å². The van der Waals surface area contributed by atoms with Gasteiger partial charge in [-0.2, -0.15) is 4.99 Å². The minimum atomic E-state index is 0.945. The molecule has 0 saturated heterocycles. The third-order valence-corrected chi connectivity index (χ3v) is 1.64. The average Bonchev–Trinajstić information content (AvgIpc) is 2.07. The quantitative estimate of drug-likeness (QED) is 0.564. The van der Waals surface area contributed by atoms with E-state index in [9.17, 15) is 0 Å². The summed E-state index contributed by atoms with van der Waals surface area (Å²) in [5.74, 6) is 0. The first-order valence-corrected chi connectivity index (χ1v) is 3.86. The first-order chi connectivity index (χ1) is 5.74. The molecule has 0 amide bonds. The predicted octanol–water partition coefficient (Wildman–Crippen LogP) is 2.74. The lowest BCUT2D eigenvalue weighted by atomic mass is 10.1. The summed E-state index contributed by atoms with van der Waals surface area (Å²) in [6.45, 7) is 4.07. The molecule has 2 nitrogen and oxygen atoms in total. The van der Waals surface area contributed by atoms with Crippen LogP contribution in [0.3, 0.4) is 0 Å². The van der Waals surface area contributed by atoms with Gasteiger partial charge in [0.1, 0.15) is 0 Å². The van der Waals surface area contributed by atoms with Crippen LogP contribution in [0.5, 0.6) is 0 Å². The normalized spacial score (nSPS) is 8.92. The van der Waals surface area contributed by atoms with E-state index in [1.165, 1.54) is 5.56 Å². The molecule has 0 atom stereocenters. The van der Waals surface area contributed by atoms with E-state index in [1.54, 1.807) is 7.05 Å². The smallest absolute Gasteiger partial charge is 0.0946 e. The molecule has 2 heteroatoms. The Morgan fingerprint density at radius 3 is 2.67 bits per heavy atom. The number of aliphatic imine (C=N–C) groups is 2. The summed E-state index contributed by atoms with van der Waals surface area (Å²) >= 11 is 0. The van der Waals surface area contributed by atoms with Gasteiger partial charge < -0.3 is 0 Å². The Kier molecular flexibility index (Phi) is 2.78. The summed E-state index contributed by atoms with van der Waals surface area (Å²) in [5.41, 5.74) is 3.30. The van der Waals surface area contributed by atoms with Gasteiger partial charge in [0.2, 0.25) is 0 Å². The molecule has 12 heavy (non-hydrogen) atoms. The fraction of sp³-hybridized carbons (Fsp3) is 0.300. The van der Waals surface area contributed by atoms with Crippen LogP contribution in [-0.4, -0.2) is 13.1 Å². The second kappa shape index (κ2) is 3.84. The van der Waals surface area contributed by atoms with Crippen LogP contribution >= 0.6 is 0 Å². The van der Waals surface area contributed by atoms with E-state index in [2.05, 4.69) is 22.1 Å². The van der Waals surface area contributed by atoms with Crippen LogP contribution in [0.1, 0.15) is 11.1 Å². The standard InChI is InChI=1S/C10H12N2/c1-8-4-5-9(2)10(6-8)12-7-11-3/h4-6H,1-3H3. The van der Waals surface area contributed by atoms with Crippen LogP contribution in [0.4, 0.5) is 5.69 Å². The average molecular weight is 160 g/mol. The van der Waals surface area contributed by atoms with Gasteiger partial charge in [-0.05, 0) is 31.0 Å². The molecule has 0 saturated carbocycles. The van der Waals surface area contributed by atoms with Gasteiger partial charge in [0.05, 0.1) is 11.7 Å². The zero-order chi connectivity index (χ0) is 8.97. The highest BCUT2D eigenvalue weighted by atomic mass is 14.8. The Bertz CT molecular complexity index is 334. The molecule has 0 aromatic heterocycles. The maximum Gasteiger partial charge on any atom is 0.0946 e. The summed E-state index contributed by atoms with van der Waals surface area (Å²) < 4.78 is 0. The number of benzene rings is 1. The van der Waals surface area contributed by atoms with Gasteiger partial charge in [0.25, 0.3) is 0 Å². The SMILES string of the molecule is CN=C=Nc1cc(C)ccc1C. The van der Waals surface area contributed by atoms with E-state index in [0.29, 0.717) is 0 Å². The second-order valence-corrected chi connectivity index (χ2v) is 2.73. The lowest BCUT2D eigenvalue weighted by Crippen LogP contribution is -1.76. The number of nitrogens with zero attached hydrogens (tertiary/aromatic N) is 2. The van der Waals surface area contributed by atoms with Crippen molar-refractivity contribution in [2.24, 2.45) is 9.98 Å². The number of aryl methyl sites for hydroxylation is 2. The highest BCUT2D eigenvalue weighted by Gasteiger charge is 1.94. The molecule has 0 fully saturated rings. The molecule has 0 heterocycles. The highest BCUT2D eigenvalue weighted by Crippen LogP contribution is 2.18. The Labute approximate surface area is 72.7 Å². The number of rotatable bonds is 1. The van der Waals surface area contributed by atoms with E-state index in [-0.39, 0.29) is 0 Å². The molecule has 0 aliphatic heterocycles. The number of hydrogen-bond donors (Lipinski definition) is 0. The van der Waals surface area contributed by atoms with Crippen molar-refractivity contribution in [3.8, 4) is 0 Å². The van der Waals surface area contributed by atoms with Crippen LogP contribution in [-0.2, 0) is 0 Å². The number of hydrogen-bond acceptors (Lipinski definition) is 2. The van der Waals surface area contributed by atoms with Crippen LogP contribution in [0.15, 0.2) is 28.2 Å². The van der Waals surface area contributed by atoms with Crippen molar-refractivity contribution in [2.75, 3.05) is 7.05 Å². The molecule has 0 N–H and O–H groups in total. The Hall–Kier alpha value is -1.40. The van der Waals surface area contributed by atoms with Crippen LogP contribution in [0.2, 0.25) is 0 Å². The third-order valence-electron chi connectivity index (χ3n) is 1.64. The molecule has 1 aromatic rings. The zero-order valence-corrected chi connectivity index (χ0v) is 7.63. The van der Waals surface area contributed by atoms with Gasteiger partial charge in [-0.25, -0.2) is 4.99 Å². The van der Waals surface area contributed by atoms with Crippen molar-refractivity contribution in [3.05, 3.63) is 29.3 Å². The minimum absolute atomic E-state index is 0.945. The monoisotopic (exact) mass is 160 g/mol. The van der Waals surface area contributed by atoms with E-state index in [0.717, 1.165) is 11.3 Å². The summed E-state index contributed by atoms with van der Waals surface area (Å²) in [4.78, 5) is 7.75. The Morgan fingerprint density at radius 1 is 1.25 bits per heavy atom. The summed E-state index contributed by atoms with van der Waals surface area (Å²) in [6, 6.07) is 8.72. The summed E-state index contributed by atoms with van der Waals surface area (Å²) in [7, 11) is 1.66. The highest BCUT2D eigenvalue weighted by molar-refractivity contribution is 5.56. The molecule has 1 aromatic carbocycles. The molecule has 0 spiro atoms. The lowest BCUT2D eigenvalue weighted by Gasteiger charge is -1.98. The van der Waals surface area contributed by atoms with Crippen LogP contribution in [0, 0.1) is 13.8 Å².